The molecule has 4 nitrogen and oxygen atoms in total. The topological polar surface area (TPSA) is 45.2 Å². The molecule has 1 N–H and O–H groups in total. The summed E-state index contributed by atoms with van der Waals surface area (Å²) in [6.45, 7) is 1.04. The van der Waals surface area contributed by atoms with Crippen molar-refractivity contribution in [2.75, 3.05) is 18.4 Å². The Morgan fingerprint density at radius 1 is 1.35 bits per heavy atom. The molecule has 3 aromatic rings. The highest BCUT2D eigenvalue weighted by Gasteiger charge is 2.30. The molecule has 2 heterocycles. The molecule has 1 saturated heterocycles. The van der Waals surface area contributed by atoms with E-state index in [2.05, 4.69) is 16.3 Å². The number of carbonyl (C=O) groups is 1. The van der Waals surface area contributed by atoms with Crippen molar-refractivity contribution in [1.82, 2.24) is 9.88 Å². The predicted octanol–water partition coefficient (Wildman–Crippen LogP) is 4.86. The molecule has 2 aromatic carbocycles. The summed E-state index contributed by atoms with van der Waals surface area (Å²) in [5, 5.41) is 3.97. The fourth-order valence-electron chi connectivity index (χ4n) is 3.29. The van der Waals surface area contributed by atoms with Crippen molar-refractivity contribution in [3.05, 3.63) is 58.3 Å². The average Bonchev–Trinajstić information content (AvgIpc) is 3.23. The van der Waals surface area contributed by atoms with Gasteiger partial charge in [0.1, 0.15) is 10.8 Å². The van der Waals surface area contributed by atoms with Crippen molar-refractivity contribution >= 4 is 44.7 Å². The summed E-state index contributed by atoms with van der Waals surface area (Å²) in [5.74, 6) is -0.769. The number of thiazole rings is 1. The minimum Gasteiger partial charge on any atom is -0.322 e. The number of carbonyl (C=O) groups excluding carboxylic acids is 1. The lowest BCUT2D eigenvalue weighted by Gasteiger charge is -2.22. The van der Waals surface area contributed by atoms with Crippen LogP contribution >= 0.6 is 22.9 Å². The Morgan fingerprint density at radius 2 is 2.19 bits per heavy atom. The number of amides is 1. The Hall–Kier alpha value is -2.02. The van der Waals surface area contributed by atoms with Crippen LogP contribution in [0.2, 0.25) is 5.02 Å². The maximum atomic E-state index is 13.9. The number of hydrogen-bond acceptors (Lipinski definition) is 4. The molecule has 1 atom stereocenters. The zero-order valence-electron chi connectivity index (χ0n) is 13.9. The number of para-hydroxylation sites is 1. The van der Waals surface area contributed by atoms with Crippen LogP contribution in [0.15, 0.2) is 42.5 Å². The molecule has 26 heavy (non-hydrogen) atoms. The summed E-state index contributed by atoms with van der Waals surface area (Å²) in [6, 6.07) is 12.4. The number of hydrogen-bond donors (Lipinski definition) is 1. The second-order valence-electron chi connectivity index (χ2n) is 6.32. The number of aromatic nitrogens is 1. The number of benzene rings is 2. The highest BCUT2D eigenvalue weighted by atomic mass is 35.5. The molecular weight excluding hydrogens is 373 g/mol. The first kappa shape index (κ1) is 17.4. The molecule has 1 unspecified atom stereocenters. The number of fused-ring (bicyclic) bond motifs is 1. The molecular formula is C19H17ClFN3OS. The van der Waals surface area contributed by atoms with Crippen molar-refractivity contribution < 1.29 is 9.18 Å². The number of nitrogens with zero attached hydrogens (tertiary/aromatic N) is 2. The zero-order chi connectivity index (χ0) is 18.1. The standard InChI is InChI=1S/C19H17ClFN3OS/c20-12-7-8-14(13(21)10-12)22-18(25)11-24-9-3-5-16(24)19-23-15-4-1-2-6-17(15)26-19/h1-2,4,6-8,10,16H,3,5,9,11H2,(H,22,25). The van der Waals surface area contributed by atoms with Gasteiger partial charge in [-0.3, -0.25) is 9.69 Å². The van der Waals surface area contributed by atoms with E-state index in [1.54, 1.807) is 17.4 Å². The molecule has 1 aromatic heterocycles. The average molecular weight is 390 g/mol. The molecule has 1 amide bonds. The monoisotopic (exact) mass is 389 g/mol. The lowest BCUT2D eigenvalue weighted by molar-refractivity contribution is -0.117. The Bertz CT molecular complexity index is 928. The van der Waals surface area contributed by atoms with Crippen LogP contribution < -0.4 is 5.32 Å². The van der Waals surface area contributed by atoms with Gasteiger partial charge in [-0.2, -0.15) is 0 Å². The van der Waals surface area contributed by atoms with Crippen molar-refractivity contribution in [3.8, 4) is 0 Å². The number of likely N-dealkylation sites (tertiary alicyclic amines) is 1. The molecule has 0 bridgehead atoms. The summed E-state index contributed by atoms with van der Waals surface area (Å²) < 4.78 is 15.0. The maximum Gasteiger partial charge on any atom is 0.238 e. The number of nitrogens with one attached hydrogen (secondary N) is 1. The van der Waals surface area contributed by atoms with E-state index in [-0.39, 0.29) is 24.2 Å². The van der Waals surface area contributed by atoms with Crippen molar-refractivity contribution in [1.29, 1.82) is 0 Å². The van der Waals surface area contributed by atoms with E-state index in [1.807, 2.05) is 18.2 Å². The van der Waals surface area contributed by atoms with Gasteiger partial charge in [0.15, 0.2) is 0 Å². The fraction of sp³-hybridized carbons (Fsp3) is 0.263. The zero-order valence-corrected chi connectivity index (χ0v) is 15.5. The van der Waals surface area contributed by atoms with Gasteiger partial charge in [0.25, 0.3) is 0 Å². The Labute approximate surface area is 159 Å². The Morgan fingerprint density at radius 3 is 3.00 bits per heavy atom. The lowest BCUT2D eigenvalue weighted by atomic mass is 10.2. The Balaban J connectivity index is 1.47. The first-order valence-electron chi connectivity index (χ1n) is 8.44. The lowest BCUT2D eigenvalue weighted by Crippen LogP contribution is -2.33. The van der Waals surface area contributed by atoms with E-state index in [0.29, 0.717) is 5.02 Å². The number of anilines is 1. The van der Waals surface area contributed by atoms with Crippen molar-refractivity contribution in [2.45, 2.75) is 18.9 Å². The first-order valence-corrected chi connectivity index (χ1v) is 9.64. The van der Waals surface area contributed by atoms with E-state index in [9.17, 15) is 9.18 Å². The molecule has 134 valence electrons. The van der Waals surface area contributed by atoms with Crippen LogP contribution in [-0.4, -0.2) is 28.9 Å². The van der Waals surface area contributed by atoms with Crippen LogP contribution in [0.1, 0.15) is 23.9 Å². The van der Waals surface area contributed by atoms with Gasteiger partial charge >= 0.3 is 0 Å². The highest BCUT2D eigenvalue weighted by Crippen LogP contribution is 2.36. The third-order valence-corrected chi connectivity index (χ3v) is 5.88. The largest absolute Gasteiger partial charge is 0.322 e. The first-order chi connectivity index (χ1) is 12.6. The normalized spacial score (nSPS) is 17.7. The smallest absolute Gasteiger partial charge is 0.238 e. The van der Waals surface area contributed by atoms with Gasteiger partial charge < -0.3 is 5.32 Å². The van der Waals surface area contributed by atoms with E-state index in [4.69, 9.17) is 16.6 Å². The number of halogens is 2. The number of rotatable bonds is 4. The quantitative estimate of drug-likeness (QED) is 0.692. The van der Waals surface area contributed by atoms with Gasteiger partial charge in [-0.15, -0.1) is 11.3 Å². The summed E-state index contributed by atoms with van der Waals surface area (Å²) in [7, 11) is 0. The molecule has 0 radical (unpaired) electrons. The van der Waals surface area contributed by atoms with Crippen LogP contribution in [0.3, 0.4) is 0 Å². The van der Waals surface area contributed by atoms with Crippen LogP contribution in [-0.2, 0) is 4.79 Å². The van der Waals surface area contributed by atoms with Crippen molar-refractivity contribution in [3.63, 3.8) is 0 Å². The molecule has 7 heteroatoms. The molecule has 1 aliphatic rings. The van der Waals surface area contributed by atoms with Crippen LogP contribution in [0.5, 0.6) is 0 Å². The van der Waals surface area contributed by atoms with Crippen LogP contribution in [0, 0.1) is 5.82 Å². The van der Waals surface area contributed by atoms with E-state index < -0.39 is 5.82 Å². The second-order valence-corrected chi connectivity index (χ2v) is 7.82. The molecule has 0 aliphatic carbocycles. The summed E-state index contributed by atoms with van der Waals surface area (Å²) >= 11 is 7.42. The SMILES string of the molecule is O=C(CN1CCCC1c1nc2ccccc2s1)Nc1ccc(Cl)cc1F. The highest BCUT2D eigenvalue weighted by molar-refractivity contribution is 7.18. The predicted molar refractivity (Wildman–Crippen MR) is 103 cm³/mol. The third-order valence-electron chi connectivity index (χ3n) is 4.51. The van der Waals surface area contributed by atoms with Gasteiger partial charge in [-0.1, -0.05) is 23.7 Å². The van der Waals surface area contributed by atoms with Crippen LogP contribution in [0.4, 0.5) is 10.1 Å². The summed E-state index contributed by atoms with van der Waals surface area (Å²) in [5.41, 5.74) is 1.14. The molecule has 0 saturated carbocycles. The Kier molecular flexibility index (Phi) is 4.89. The van der Waals surface area contributed by atoms with Crippen molar-refractivity contribution in [2.24, 2.45) is 0 Å². The molecule has 4 rings (SSSR count). The third kappa shape index (κ3) is 3.58. The van der Waals surface area contributed by atoms with Crippen LogP contribution in [0.25, 0.3) is 10.2 Å². The van der Waals surface area contributed by atoms with Gasteiger partial charge in [-0.25, -0.2) is 9.37 Å². The molecule has 0 spiro atoms. The minimum atomic E-state index is -0.532. The van der Waals surface area contributed by atoms with E-state index in [1.165, 1.54) is 12.1 Å². The van der Waals surface area contributed by atoms with E-state index >= 15 is 0 Å². The summed E-state index contributed by atoms with van der Waals surface area (Å²) in [6.07, 6.45) is 1.99. The maximum absolute atomic E-state index is 13.9. The molecule has 1 aliphatic heterocycles. The molecule has 1 fully saturated rings. The fourth-order valence-corrected chi connectivity index (χ4v) is 4.59. The minimum absolute atomic E-state index is 0.133. The summed E-state index contributed by atoms with van der Waals surface area (Å²) in [4.78, 5) is 19.2. The second kappa shape index (κ2) is 7.31. The van der Waals surface area contributed by atoms with Gasteiger partial charge in [0.05, 0.1) is 28.5 Å². The van der Waals surface area contributed by atoms with Gasteiger partial charge in [0.2, 0.25) is 5.91 Å². The van der Waals surface area contributed by atoms with Gasteiger partial charge in [0, 0.05) is 5.02 Å². The van der Waals surface area contributed by atoms with E-state index in [0.717, 1.165) is 34.6 Å². The van der Waals surface area contributed by atoms with Gasteiger partial charge in [-0.05, 0) is 49.7 Å².